The number of carbonyl (C=O) groups excluding carboxylic acids is 1. The van der Waals surface area contributed by atoms with E-state index in [1.807, 2.05) is 0 Å². The molecule has 1 aliphatic heterocycles. The number of aromatic nitrogens is 2. The first kappa shape index (κ1) is 14.9. The molecule has 1 aromatic heterocycles. The summed E-state index contributed by atoms with van der Waals surface area (Å²) < 4.78 is 0. The van der Waals surface area contributed by atoms with Crippen LogP contribution in [0.2, 0.25) is 0 Å². The molecule has 0 radical (unpaired) electrons. The molecule has 2 heterocycles. The van der Waals surface area contributed by atoms with Crippen molar-refractivity contribution >= 4 is 18.3 Å². The highest BCUT2D eigenvalue weighted by molar-refractivity contribution is 5.94. The van der Waals surface area contributed by atoms with Crippen molar-refractivity contribution in [3.05, 3.63) is 17.0 Å². The summed E-state index contributed by atoms with van der Waals surface area (Å²) in [4.78, 5) is 12.4. The fraction of sp³-hybridized carbons (Fsp3) is 0.733. The zero-order chi connectivity index (χ0) is 13.6. The van der Waals surface area contributed by atoms with Crippen molar-refractivity contribution in [1.82, 2.24) is 20.8 Å². The van der Waals surface area contributed by atoms with Gasteiger partial charge in [-0.05, 0) is 24.7 Å². The number of hydrogen-bond acceptors (Lipinski definition) is 3. The highest BCUT2D eigenvalue weighted by atomic mass is 35.5. The lowest BCUT2D eigenvalue weighted by molar-refractivity contribution is 0.0936. The number of nitrogens with zero attached hydrogens (tertiary/aromatic N) is 1. The lowest BCUT2D eigenvalue weighted by atomic mass is 9.86. The van der Waals surface area contributed by atoms with E-state index in [2.05, 4.69) is 20.8 Å². The second kappa shape index (κ2) is 5.61. The fourth-order valence-corrected chi connectivity index (χ4v) is 4.00. The van der Waals surface area contributed by atoms with E-state index in [1.54, 1.807) is 0 Å². The van der Waals surface area contributed by atoms with E-state index >= 15 is 0 Å². The zero-order valence-corrected chi connectivity index (χ0v) is 13.0. The molecule has 3 N–H and O–H groups in total. The first-order valence-electron chi connectivity index (χ1n) is 7.86. The van der Waals surface area contributed by atoms with Gasteiger partial charge in [0, 0.05) is 36.8 Å². The molecule has 1 atom stereocenters. The van der Waals surface area contributed by atoms with E-state index in [9.17, 15) is 4.79 Å². The molecule has 1 spiro atoms. The number of fused-ring (bicyclic) bond motifs is 1. The molecule has 1 aromatic rings. The maximum Gasteiger partial charge on any atom is 0.272 e. The van der Waals surface area contributed by atoms with Gasteiger partial charge in [0.05, 0.1) is 0 Å². The first-order chi connectivity index (χ1) is 9.78. The van der Waals surface area contributed by atoms with Gasteiger partial charge in [0.15, 0.2) is 5.69 Å². The zero-order valence-electron chi connectivity index (χ0n) is 12.2. The van der Waals surface area contributed by atoms with E-state index in [4.69, 9.17) is 0 Å². The molecule has 1 amide bonds. The van der Waals surface area contributed by atoms with Crippen LogP contribution >= 0.6 is 12.4 Å². The molecule has 2 aliphatic carbocycles. The predicted molar refractivity (Wildman–Crippen MR) is 82.6 cm³/mol. The van der Waals surface area contributed by atoms with Crippen LogP contribution in [0.15, 0.2) is 0 Å². The summed E-state index contributed by atoms with van der Waals surface area (Å²) in [5, 5.41) is 13.8. The smallest absolute Gasteiger partial charge is 0.272 e. The summed E-state index contributed by atoms with van der Waals surface area (Å²) in [6, 6.07) is 0.388. The minimum atomic E-state index is 0. The van der Waals surface area contributed by atoms with E-state index < -0.39 is 0 Å². The molecule has 21 heavy (non-hydrogen) atoms. The van der Waals surface area contributed by atoms with Crippen LogP contribution in [0.1, 0.15) is 60.3 Å². The van der Waals surface area contributed by atoms with E-state index in [1.165, 1.54) is 38.5 Å². The van der Waals surface area contributed by atoms with Crippen LogP contribution < -0.4 is 10.6 Å². The second-order valence-corrected chi connectivity index (χ2v) is 6.61. The number of nitrogens with one attached hydrogen (secondary N) is 3. The standard InChI is InChI=1S/C15H22N4O.ClH/c20-14(13-10-9-16-7-4-11(10)18-19-13)17-12-8-15(12)5-2-1-3-6-15;/h12,16H,1-9H2,(H,17,20)(H,18,19);1H. The molecule has 1 unspecified atom stereocenters. The van der Waals surface area contributed by atoms with Crippen molar-refractivity contribution in [3.8, 4) is 0 Å². The predicted octanol–water partition coefficient (Wildman–Crippen LogP) is 1.93. The topological polar surface area (TPSA) is 69.8 Å². The lowest BCUT2D eigenvalue weighted by Gasteiger charge is -2.22. The molecular formula is C15H23ClN4O. The third-order valence-electron chi connectivity index (χ3n) is 5.37. The van der Waals surface area contributed by atoms with Gasteiger partial charge in [0.25, 0.3) is 5.91 Å². The molecule has 5 nitrogen and oxygen atoms in total. The number of rotatable bonds is 2. The number of aromatic amines is 1. The van der Waals surface area contributed by atoms with Gasteiger partial charge < -0.3 is 10.6 Å². The average molecular weight is 311 g/mol. The lowest BCUT2D eigenvalue weighted by Crippen LogP contribution is -2.32. The van der Waals surface area contributed by atoms with Gasteiger partial charge in [-0.3, -0.25) is 9.89 Å². The second-order valence-electron chi connectivity index (χ2n) is 6.61. The Labute approximate surface area is 131 Å². The first-order valence-corrected chi connectivity index (χ1v) is 7.86. The van der Waals surface area contributed by atoms with E-state index in [-0.39, 0.29) is 18.3 Å². The quantitative estimate of drug-likeness (QED) is 0.782. The molecule has 116 valence electrons. The van der Waals surface area contributed by atoms with Crippen LogP contribution in [-0.2, 0) is 13.0 Å². The Balaban J connectivity index is 0.00000132. The largest absolute Gasteiger partial charge is 0.347 e. The highest BCUT2D eigenvalue weighted by Crippen LogP contribution is 2.56. The number of amides is 1. The molecule has 0 bridgehead atoms. The van der Waals surface area contributed by atoms with Crippen molar-refractivity contribution < 1.29 is 4.79 Å². The van der Waals surface area contributed by atoms with Gasteiger partial charge in [0.2, 0.25) is 0 Å². The summed E-state index contributed by atoms with van der Waals surface area (Å²) in [6.45, 7) is 1.71. The molecule has 6 heteroatoms. The summed E-state index contributed by atoms with van der Waals surface area (Å²) in [7, 11) is 0. The van der Waals surface area contributed by atoms with Crippen LogP contribution in [0.5, 0.6) is 0 Å². The molecule has 0 saturated heterocycles. The minimum absolute atomic E-state index is 0. The van der Waals surface area contributed by atoms with Crippen LogP contribution in [0, 0.1) is 5.41 Å². The van der Waals surface area contributed by atoms with Crippen LogP contribution in [-0.4, -0.2) is 28.7 Å². The maximum atomic E-state index is 12.4. The molecular weight excluding hydrogens is 288 g/mol. The summed E-state index contributed by atoms with van der Waals surface area (Å²) in [5.74, 6) is 0.0126. The van der Waals surface area contributed by atoms with Crippen LogP contribution in [0.25, 0.3) is 0 Å². The normalized spacial score (nSPS) is 25.8. The number of carbonyl (C=O) groups is 1. The van der Waals surface area contributed by atoms with Gasteiger partial charge in [-0.25, -0.2) is 0 Å². The number of hydrogen-bond donors (Lipinski definition) is 3. The van der Waals surface area contributed by atoms with Gasteiger partial charge in [-0.2, -0.15) is 5.10 Å². The number of H-pyrrole nitrogens is 1. The monoisotopic (exact) mass is 310 g/mol. The summed E-state index contributed by atoms with van der Waals surface area (Å²) in [5.41, 5.74) is 3.22. The molecule has 2 fully saturated rings. The van der Waals surface area contributed by atoms with E-state index in [0.29, 0.717) is 17.2 Å². The maximum absolute atomic E-state index is 12.4. The van der Waals surface area contributed by atoms with Gasteiger partial charge in [0.1, 0.15) is 0 Å². The van der Waals surface area contributed by atoms with Crippen LogP contribution in [0.4, 0.5) is 0 Å². The molecule has 4 rings (SSSR count). The Morgan fingerprint density at radius 1 is 1.29 bits per heavy atom. The highest BCUT2D eigenvalue weighted by Gasteiger charge is 2.54. The van der Waals surface area contributed by atoms with Crippen molar-refractivity contribution in [2.24, 2.45) is 5.41 Å². The summed E-state index contributed by atoms with van der Waals surface area (Å²) in [6.07, 6.45) is 8.70. The number of halogens is 1. The van der Waals surface area contributed by atoms with Crippen molar-refractivity contribution in [2.75, 3.05) is 6.54 Å². The molecule has 3 aliphatic rings. The fourth-order valence-electron chi connectivity index (χ4n) is 4.00. The Morgan fingerprint density at radius 2 is 2.10 bits per heavy atom. The third-order valence-corrected chi connectivity index (χ3v) is 5.37. The Kier molecular flexibility index (Phi) is 3.97. The van der Waals surface area contributed by atoms with Crippen molar-refractivity contribution in [1.29, 1.82) is 0 Å². The van der Waals surface area contributed by atoms with Gasteiger partial charge >= 0.3 is 0 Å². The Morgan fingerprint density at radius 3 is 2.90 bits per heavy atom. The van der Waals surface area contributed by atoms with Crippen molar-refractivity contribution in [2.45, 2.75) is 57.5 Å². The minimum Gasteiger partial charge on any atom is -0.347 e. The van der Waals surface area contributed by atoms with E-state index in [0.717, 1.165) is 30.8 Å². The van der Waals surface area contributed by atoms with Crippen LogP contribution in [0.3, 0.4) is 0 Å². The van der Waals surface area contributed by atoms with Gasteiger partial charge in [-0.15, -0.1) is 12.4 Å². The van der Waals surface area contributed by atoms with Gasteiger partial charge in [-0.1, -0.05) is 19.3 Å². The third kappa shape index (κ3) is 2.57. The Hall–Kier alpha value is -1.07. The SMILES string of the molecule is Cl.O=C(NC1CC12CCCCC2)c1n[nH]c2c1CNCC2. The Bertz CT molecular complexity index is 536. The van der Waals surface area contributed by atoms with Crippen molar-refractivity contribution in [3.63, 3.8) is 0 Å². The molecule has 0 aromatic carbocycles. The summed E-state index contributed by atoms with van der Waals surface area (Å²) >= 11 is 0. The molecule has 2 saturated carbocycles. The average Bonchev–Trinajstić information content (AvgIpc) is 2.96.